The summed E-state index contributed by atoms with van der Waals surface area (Å²) in [6.45, 7) is 3.05. The maximum absolute atomic E-state index is 11.6. The van der Waals surface area contributed by atoms with Crippen molar-refractivity contribution < 1.29 is 23.1 Å². The molecule has 0 aromatic carbocycles. The zero-order valence-corrected chi connectivity index (χ0v) is 11.4. The summed E-state index contributed by atoms with van der Waals surface area (Å²) in [6.07, 6.45) is 1.49. The number of carboxylic acids is 1. The Bertz CT molecular complexity index is 429. The Morgan fingerprint density at radius 2 is 1.94 bits per heavy atom. The highest BCUT2D eigenvalue weighted by molar-refractivity contribution is 7.92. The lowest BCUT2D eigenvalue weighted by molar-refractivity contribution is -0.141. The molecule has 0 spiro atoms. The Balaban J connectivity index is 2.46. The number of aliphatic carboxylic acids is 1. The first kappa shape index (κ1) is 14.9. The van der Waals surface area contributed by atoms with Gasteiger partial charge in [0.15, 0.2) is 9.84 Å². The molecule has 18 heavy (non-hydrogen) atoms. The summed E-state index contributed by atoms with van der Waals surface area (Å²) in [5.41, 5.74) is 0. The fraction of sp³-hybridized carbons (Fsp3) is 0.818. The first-order valence-corrected chi connectivity index (χ1v) is 7.67. The van der Waals surface area contributed by atoms with Gasteiger partial charge < -0.3 is 10.4 Å². The van der Waals surface area contributed by atoms with Gasteiger partial charge in [0.05, 0.1) is 11.2 Å². The number of rotatable bonds is 5. The molecule has 0 unspecified atom stereocenters. The molecule has 6 nitrogen and oxygen atoms in total. The third kappa shape index (κ3) is 3.97. The summed E-state index contributed by atoms with van der Waals surface area (Å²) in [5, 5.41) is 10.8. The summed E-state index contributed by atoms with van der Waals surface area (Å²) >= 11 is 0. The number of amides is 1. The molecule has 0 radical (unpaired) electrons. The molecular formula is C11H19NO5S. The third-order valence-electron chi connectivity index (χ3n) is 3.20. The van der Waals surface area contributed by atoms with Gasteiger partial charge in [0.2, 0.25) is 5.91 Å². The highest BCUT2D eigenvalue weighted by Crippen LogP contribution is 2.25. The van der Waals surface area contributed by atoms with Gasteiger partial charge >= 0.3 is 5.97 Å². The van der Waals surface area contributed by atoms with Crippen LogP contribution in [0.4, 0.5) is 0 Å². The molecule has 1 fully saturated rings. The summed E-state index contributed by atoms with van der Waals surface area (Å²) in [5.74, 6) is -2.36. The molecule has 2 atom stereocenters. The van der Waals surface area contributed by atoms with Crippen LogP contribution in [0.5, 0.6) is 0 Å². The van der Waals surface area contributed by atoms with E-state index in [0.29, 0.717) is 19.3 Å². The first-order valence-electron chi connectivity index (χ1n) is 5.96. The molecule has 0 aliphatic heterocycles. The summed E-state index contributed by atoms with van der Waals surface area (Å²) in [4.78, 5) is 22.3. The largest absolute Gasteiger partial charge is 0.481 e. The minimum atomic E-state index is -3.40. The number of carbonyl (C=O) groups excluding carboxylic acids is 1. The van der Waals surface area contributed by atoms with Crippen molar-refractivity contribution >= 4 is 21.7 Å². The van der Waals surface area contributed by atoms with E-state index in [2.05, 4.69) is 5.32 Å². The van der Waals surface area contributed by atoms with Crippen molar-refractivity contribution in [2.75, 3.05) is 5.75 Å². The number of hydrogen-bond acceptors (Lipinski definition) is 4. The predicted octanol–water partition coefficient (Wildman–Crippen LogP) is 0.179. The smallest absolute Gasteiger partial charge is 0.306 e. The predicted molar refractivity (Wildman–Crippen MR) is 65.8 cm³/mol. The van der Waals surface area contributed by atoms with Crippen LogP contribution in [0.25, 0.3) is 0 Å². The number of nitrogens with one attached hydrogen (secondary N) is 1. The lowest BCUT2D eigenvalue weighted by Gasteiger charge is -2.13. The van der Waals surface area contributed by atoms with Crippen LogP contribution in [-0.4, -0.2) is 42.4 Å². The van der Waals surface area contributed by atoms with E-state index in [1.165, 1.54) is 13.8 Å². The number of hydrogen-bond donors (Lipinski definition) is 2. The minimum absolute atomic E-state index is 0.221. The van der Waals surface area contributed by atoms with Crippen LogP contribution in [-0.2, 0) is 19.4 Å². The lowest BCUT2D eigenvalue weighted by Crippen LogP contribution is -2.38. The van der Waals surface area contributed by atoms with Crippen LogP contribution in [0.15, 0.2) is 0 Å². The van der Waals surface area contributed by atoms with Gasteiger partial charge in [0.1, 0.15) is 5.75 Å². The average Bonchev–Trinajstić information content (AvgIpc) is 2.64. The van der Waals surface area contributed by atoms with Gasteiger partial charge in [-0.2, -0.15) is 0 Å². The molecule has 0 aromatic heterocycles. The Hall–Kier alpha value is -1.11. The van der Waals surface area contributed by atoms with Crippen molar-refractivity contribution in [3.05, 3.63) is 0 Å². The molecule has 104 valence electrons. The van der Waals surface area contributed by atoms with Crippen molar-refractivity contribution in [2.45, 2.75) is 44.4 Å². The Morgan fingerprint density at radius 1 is 1.33 bits per heavy atom. The van der Waals surface area contributed by atoms with Crippen molar-refractivity contribution in [1.29, 1.82) is 0 Å². The van der Waals surface area contributed by atoms with Gasteiger partial charge in [-0.05, 0) is 33.1 Å². The number of carbonyl (C=O) groups is 2. The lowest BCUT2D eigenvalue weighted by atomic mass is 10.1. The maximum Gasteiger partial charge on any atom is 0.306 e. The van der Waals surface area contributed by atoms with Crippen molar-refractivity contribution in [2.24, 2.45) is 5.92 Å². The molecule has 1 rings (SSSR count). The number of carboxylic acid groups (broad SMARTS) is 1. The second kappa shape index (κ2) is 5.69. The van der Waals surface area contributed by atoms with E-state index in [9.17, 15) is 18.0 Å². The van der Waals surface area contributed by atoms with Gasteiger partial charge in [-0.25, -0.2) is 8.42 Å². The van der Waals surface area contributed by atoms with E-state index in [0.717, 1.165) is 0 Å². The van der Waals surface area contributed by atoms with E-state index in [1.54, 1.807) is 0 Å². The third-order valence-corrected chi connectivity index (χ3v) is 5.30. The van der Waals surface area contributed by atoms with E-state index in [4.69, 9.17) is 5.11 Å². The second-order valence-corrected chi connectivity index (χ2v) is 7.53. The molecule has 2 N–H and O–H groups in total. The fourth-order valence-electron chi connectivity index (χ4n) is 1.96. The van der Waals surface area contributed by atoms with E-state index in [-0.39, 0.29) is 6.04 Å². The van der Waals surface area contributed by atoms with Gasteiger partial charge in [-0.1, -0.05) is 0 Å². The van der Waals surface area contributed by atoms with Crippen molar-refractivity contribution in [3.63, 3.8) is 0 Å². The van der Waals surface area contributed by atoms with Crippen LogP contribution < -0.4 is 5.32 Å². The average molecular weight is 277 g/mol. The molecule has 0 aromatic rings. The Labute approximate surface area is 107 Å². The van der Waals surface area contributed by atoms with Gasteiger partial charge in [-0.15, -0.1) is 0 Å². The summed E-state index contributed by atoms with van der Waals surface area (Å²) < 4.78 is 23.1. The topological polar surface area (TPSA) is 101 Å². The molecule has 1 aliphatic carbocycles. The minimum Gasteiger partial charge on any atom is -0.481 e. The van der Waals surface area contributed by atoms with Crippen LogP contribution in [0.2, 0.25) is 0 Å². The molecule has 1 saturated carbocycles. The van der Waals surface area contributed by atoms with E-state index < -0.39 is 38.6 Å². The van der Waals surface area contributed by atoms with Crippen molar-refractivity contribution in [3.8, 4) is 0 Å². The molecule has 7 heteroatoms. The Morgan fingerprint density at radius 3 is 2.39 bits per heavy atom. The molecule has 0 heterocycles. The molecule has 0 bridgehead atoms. The second-order valence-electron chi connectivity index (χ2n) is 4.97. The molecule has 1 aliphatic rings. The Kier molecular flexibility index (Phi) is 4.72. The highest BCUT2D eigenvalue weighted by atomic mass is 32.2. The fourth-order valence-corrected chi connectivity index (χ4v) is 2.74. The normalized spacial score (nSPS) is 24.2. The zero-order valence-electron chi connectivity index (χ0n) is 10.5. The van der Waals surface area contributed by atoms with Crippen LogP contribution in [0.1, 0.15) is 33.1 Å². The van der Waals surface area contributed by atoms with Gasteiger partial charge in [-0.3, -0.25) is 9.59 Å². The van der Waals surface area contributed by atoms with Crippen LogP contribution >= 0.6 is 0 Å². The number of sulfone groups is 1. The van der Waals surface area contributed by atoms with Gasteiger partial charge in [0, 0.05) is 6.04 Å². The summed E-state index contributed by atoms with van der Waals surface area (Å²) in [7, 11) is -3.40. The zero-order chi connectivity index (χ0) is 13.9. The van der Waals surface area contributed by atoms with E-state index in [1.807, 2.05) is 0 Å². The van der Waals surface area contributed by atoms with Gasteiger partial charge in [0.25, 0.3) is 0 Å². The molecule has 1 amide bonds. The monoisotopic (exact) mass is 277 g/mol. The van der Waals surface area contributed by atoms with Crippen molar-refractivity contribution in [1.82, 2.24) is 5.32 Å². The first-order chi connectivity index (χ1) is 8.22. The quantitative estimate of drug-likeness (QED) is 0.746. The summed E-state index contributed by atoms with van der Waals surface area (Å²) in [6, 6.07) is -0.221. The SMILES string of the molecule is CC(C)S(=O)(=O)CC(=O)N[C@H]1CC[C@@H](C(=O)O)C1. The van der Waals surface area contributed by atoms with Crippen LogP contribution in [0, 0.1) is 5.92 Å². The standard InChI is InChI=1S/C11H19NO5S/c1-7(2)18(16,17)6-10(13)12-9-4-3-8(5-9)11(14)15/h7-9H,3-6H2,1-2H3,(H,12,13)(H,14,15)/t8-,9+/m1/s1. The maximum atomic E-state index is 11.6. The van der Waals surface area contributed by atoms with E-state index >= 15 is 0 Å². The molecule has 0 saturated heterocycles. The van der Waals surface area contributed by atoms with Crippen LogP contribution in [0.3, 0.4) is 0 Å². The highest BCUT2D eigenvalue weighted by Gasteiger charge is 2.31. The molecular weight excluding hydrogens is 258 g/mol.